The maximum absolute atomic E-state index is 13.1. The van der Waals surface area contributed by atoms with Crippen molar-refractivity contribution in [1.29, 1.82) is 0 Å². The number of hydrogen-bond acceptors (Lipinski definition) is 6. The van der Waals surface area contributed by atoms with Gasteiger partial charge in [0.2, 0.25) is 6.79 Å². The Balaban J connectivity index is 1.38. The summed E-state index contributed by atoms with van der Waals surface area (Å²) in [5, 5.41) is 11.5. The van der Waals surface area contributed by atoms with Gasteiger partial charge in [0.15, 0.2) is 11.5 Å². The first-order valence-electron chi connectivity index (χ1n) is 11.6. The van der Waals surface area contributed by atoms with Crippen LogP contribution in [-0.4, -0.2) is 34.6 Å². The SMILES string of the molecule is Cc1nn(-c2ccccc2)c(Cl)c1/C=N/NC(=O)/C(=C/c1ccc2c(c1)OCO2)NC(=O)c1ccccc1. The predicted molar refractivity (Wildman–Crippen MR) is 143 cm³/mol. The summed E-state index contributed by atoms with van der Waals surface area (Å²) in [4.78, 5) is 25.9. The smallest absolute Gasteiger partial charge is 0.287 e. The van der Waals surface area contributed by atoms with Crippen LogP contribution in [0.2, 0.25) is 5.15 Å². The van der Waals surface area contributed by atoms with Crippen molar-refractivity contribution in [2.75, 3.05) is 6.79 Å². The van der Waals surface area contributed by atoms with E-state index in [0.717, 1.165) is 5.69 Å². The molecule has 2 amide bonds. The maximum atomic E-state index is 13.1. The normalized spacial score (nSPS) is 12.5. The summed E-state index contributed by atoms with van der Waals surface area (Å²) in [7, 11) is 0. The molecule has 0 bridgehead atoms. The number of nitrogens with one attached hydrogen (secondary N) is 2. The van der Waals surface area contributed by atoms with Gasteiger partial charge in [-0.3, -0.25) is 9.59 Å². The minimum Gasteiger partial charge on any atom is -0.454 e. The Labute approximate surface area is 223 Å². The van der Waals surface area contributed by atoms with E-state index < -0.39 is 11.8 Å². The van der Waals surface area contributed by atoms with Crippen LogP contribution in [0.1, 0.15) is 27.2 Å². The average Bonchev–Trinajstić information content (AvgIpc) is 3.52. The van der Waals surface area contributed by atoms with Gasteiger partial charge in [-0.2, -0.15) is 10.2 Å². The number of aromatic nitrogens is 2. The number of carbonyl (C=O) groups is 2. The van der Waals surface area contributed by atoms with E-state index in [1.165, 1.54) is 12.3 Å². The highest BCUT2D eigenvalue weighted by Gasteiger charge is 2.18. The molecule has 1 aromatic heterocycles. The molecule has 0 radical (unpaired) electrons. The number of rotatable bonds is 7. The van der Waals surface area contributed by atoms with E-state index in [9.17, 15) is 9.59 Å². The van der Waals surface area contributed by atoms with E-state index in [-0.39, 0.29) is 12.5 Å². The van der Waals surface area contributed by atoms with Gasteiger partial charge in [0.25, 0.3) is 11.8 Å². The molecule has 190 valence electrons. The van der Waals surface area contributed by atoms with Crippen LogP contribution in [-0.2, 0) is 4.79 Å². The standard InChI is InChI=1S/C28H22ClN5O4/c1-18-22(26(29)34(33-18)21-10-6-3-7-11-21)16-30-32-28(36)23(31-27(35)20-8-4-2-5-9-20)14-19-12-13-24-25(15-19)38-17-37-24/h2-16H,17H2,1H3,(H,31,35)(H,32,36)/b23-14-,30-16+. The predicted octanol–water partition coefficient (Wildman–Crippen LogP) is 4.48. The Morgan fingerprint density at radius 2 is 1.71 bits per heavy atom. The van der Waals surface area contributed by atoms with E-state index >= 15 is 0 Å². The number of aryl methyl sites for hydroxylation is 1. The summed E-state index contributed by atoms with van der Waals surface area (Å²) in [5.74, 6) is 0.0769. The van der Waals surface area contributed by atoms with Crippen LogP contribution in [0.5, 0.6) is 11.5 Å². The molecular weight excluding hydrogens is 506 g/mol. The Morgan fingerprint density at radius 3 is 2.47 bits per heavy atom. The number of nitrogens with zero attached hydrogens (tertiary/aromatic N) is 3. The number of carbonyl (C=O) groups excluding carboxylic acids is 2. The molecule has 0 saturated heterocycles. The number of ether oxygens (including phenoxy) is 2. The molecule has 0 spiro atoms. The summed E-state index contributed by atoms with van der Waals surface area (Å²) in [5.41, 5.74) is 5.44. The third-order valence-corrected chi connectivity index (χ3v) is 6.01. The van der Waals surface area contributed by atoms with Crippen molar-refractivity contribution in [3.8, 4) is 17.2 Å². The lowest BCUT2D eigenvalue weighted by Gasteiger charge is -2.09. The number of hydrogen-bond donors (Lipinski definition) is 2. The molecule has 0 atom stereocenters. The number of hydrazone groups is 1. The molecule has 2 N–H and O–H groups in total. The molecule has 9 nitrogen and oxygen atoms in total. The van der Waals surface area contributed by atoms with Crippen molar-refractivity contribution in [2.24, 2.45) is 5.10 Å². The van der Waals surface area contributed by atoms with Crippen LogP contribution in [0.3, 0.4) is 0 Å². The second-order valence-corrected chi connectivity index (χ2v) is 8.59. The highest BCUT2D eigenvalue weighted by atomic mass is 35.5. The van der Waals surface area contributed by atoms with Gasteiger partial charge in [-0.1, -0.05) is 54.1 Å². The first kappa shape index (κ1) is 24.8. The van der Waals surface area contributed by atoms with Crippen LogP contribution in [0, 0.1) is 6.92 Å². The maximum Gasteiger partial charge on any atom is 0.287 e. The summed E-state index contributed by atoms with van der Waals surface area (Å²) in [6, 6.07) is 23.2. The lowest BCUT2D eigenvalue weighted by atomic mass is 10.1. The van der Waals surface area contributed by atoms with Crippen LogP contribution in [0.15, 0.2) is 89.7 Å². The molecule has 38 heavy (non-hydrogen) atoms. The van der Waals surface area contributed by atoms with Gasteiger partial charge in [0, 0.05) is 5.56 Å². The van der Waals surface area contributed by atoms with Gasteiger partial charge in [-0.05, 0) is 55.0 Å². The van der Waals surface area contributed by atoms with E-state index in [1.807, 2.05) is 30.3 Å². The summed E-state index contributed by atoms with van der Waals surface area (Å²) in [6.07, 6.45) is 2.94. The average molecular weight is 528 g/mol. The van der Waals surface area contributed by atoms with Crippen LogP contribution < -0.4 is 20.2 Å². The van der Waals surface area contributed by atoms with Crippen molar-refractivity contribution < 1.29 is 19.1 Å². The van der Waals surface area contributed by atoms with Crippen LogP contribution in [0.25, 0.3) is 11.8 Å². The number of benzene rings is 3. The molecule has 1 aliphatic rings. The minimum atomic E-state index is -0.632. The lowest BCUT2D eigenvalue weighted by Crippen LogP contribution is -2.32. The minimum absolute atomic E-state index is 0.0160. The zero-order valence-electron chi connectivity index (χ0n) is 20.2. The van der Waals surface area contributed by atoms with Crippen molar-refractivity contribution in [2.45, 2.75) is 6.92 Å². The molecule has 3 aromatic carbocycles. The van der Waals surface area contributed by atoms with Gasteiger partial charge >= 0.3 is 0 Å². The topological polar surface area (TPSA) is 107 Å². The molecular formula is C28H22ClN5O4. The van der Waals surface area contributed by atoms with Gasteiger partial charge in [-0.15, -0.1) is 0 Å². The molecule has 5 rings (SSSR count). The van der Waals surface area contributed by atoms with Crippen molar-refractivity contribution in [3.63, 3.8) is 0 Å². The highest BCUT2D eigenvalue weighted by Crippen LogP contribution is 2.33. The molecule has 0 saturated carbocycles. The Morgan fingerprint density at radius 1 is 1.00 bits per heavy atom. The fourth-order valence-electron chi connectivity index (χ4n) is 3.73. The first-order valence-corrected chi connectivity index (χ1v) is 12.0. The second-order valence-electron chi connectivity index (χ2n) is 8.23. The Kier molecular flexibility index (Phi) is 7.19. The van der Waals surface area contributed by atoms with Crippen molar-refractivity contribution in [3.05, 3.63) is 112 Å². The fourth-order valence-corrected chi connectivity index (χ4v) is 4.05. The second kappa shape index (κ2) is 11.0. The molecule has 10 heteroatoms. The van der Waals surface area contributed by atoms with E-state index in [2.05, 4.69) is 20.9 Å². The molecule has 0 aliphatic carbocycles. The lowest BCUT2D eigenvalue weighted by molar-refractivity contribution is -0.117. The van der Waals surface area contributed by atoms with Gasteiger partial charge in [0.1, 0.15) is 10.9 Å². The molecule has 0 unspecified atom stereocenters. The third kappa shape index (κ3) is 5.42. The quantitative estimate of drug-likeness (QED) is 0.209. The molecule has 2 heterocycles. The number of fused-ring (bicyclic) bond motifs is 1. The van der Waals surface area contributed by atoms with Gasteiger partial charge in [0.05, 0.1) is 23.2 Å². The highest BCUT2D eigenvalue weighted by molar-refractivity contribution is 6.32. The van der Waals surface area contributed by atoms with Gasteiger partial charge in [-0.25, -0.2) is 10.1 Å². The summed E-state index contributed by atoms with van der Waals surface area (Å²) in [6.45, 7) is 1.91. The molecule has 4 aromatic rings. The van der Waals surface area contributed by atoms with Crippen LogP contribution in [0.4, 0.5) is 0 Å². The largest absolute Gasteiger partial charge is 0.454 e. The zero-order chi connectivity index (χ0) is 26.5. The fraction of sp³-hybridized carbons (Fsp3) is 0.0714. The monoisotopic (exact) mass is 527 g/mol. The Bertz CT molecular complexity index is 1550. The van der Waals surface area contributed by atoms with Crippen LogP contribution >= 0.6 is 11.6 Å². The Hall–Kier alpha value is -4.89. The molecule has 0 fully saturated rings. The first-order chi connectivity index (χ1) is 18.5. The van der Waals surface area contributed by atoms with Gasteiger partial charge < -0.3 is 14.8 Å². The molecule has 1 aliphatic heterocycles. The summed E-state index contributed by atoms with van der Waals surface area (Å²) < 4.78 is 12.4. The van der Waals surface area contributed by atoms with E-state index in [0.29, 0.717) is 39.0 Å². The van der Waals surface area contributed by atoms with E-state index in [4.69, 9.17) is 21.1 Å². The van der Waals surface area contributed by atoms with Crippen molar-refractivity contribution in [1.82, 2.24) is 20.5 Å². The number of halogens is 1. The number of para-hydroxylation sites is 1. The number of amides is 2. The third-order valence-electron chi connectivity index (χ3n) is 5.64. The van der Waals surface area contributed by atoms with Crippen molar-refractivity contribution >= 4 is 35.7 Å². The summed E-state index contributed by atoms with van der Waals surface area (Å²) >= 11 is 6.54. The van der Waals surface area contributed by atoms with E-state index in [1.54, 1.807) is 60.1 Å². The zero-order valence-corrected chi connectivity index (χ0v) is 21.0.